The van der Waals surface area contributed by atoms with Gasteiger partial charge in [0.2, 0.25) is 0 Å². The highest BCUT2D eigenvalue weighted by molar-refractivity contribution is 5.72. The predicted octanol–water partition coefficient (Wildman–Crippen LogP) is 4.69. The molecule has 0 heterocycles. The summed E-state index contributed by atoms with van der Waals surface area (Å²) in [7, 11) is 0. The van der Waals surface area contributed by atoms with E-state index in [0.29, 0.717) is 45.1 Å². The summed E-state index contributed by atoms with van der Waals surface area (Å²) in [6.07, 6.45) is -0.676. The van der Waals surface area contributed by atoms with E-state index in [2.05, 4.69) is 0 Å². The molecule has 0 aliphatic heterocycles. The highest BCUT2D eigenvalue weighted by Crippen LogP contribution is 2.15. The Hall–Kier alpha value is -3.17. The Morgan fingerprint density at radius 3 is 2.25 bits per heavy atom. The number of ether oxygens (including phenoxy) is 4. The Bertz CT molecular complexity index is 919. The first-order valence-electron chi connectivity index (χ1n) is 12.1. The number of nitrogens with zero attached hydrogens (tertiary/aromatic N) is 1. The van der Waals surface area contributed by atoms with E-state index >= 15 is 0 Å². The molecule has 0 saturated carbocycles. The Morgan fingerprint density at radius 2 is 1.64 bits per heavy atom. The van der Waals surface area contributed by atoms with Gasteiger partial charge in [-0.15, -0.1) is 0 Å². The second-order valence-corrected chi connectivity index (χ2v) is 8.43. The topological polar surface area (TPSA) is 94.5 Å². The normalized spacial score (nSPS) is 11.8. The monoisotopic (exact) mass is 505 g/mol. The zero-order valence-electron chi connectivity index (χ0n) is 21.2. The largest absolute Gasteiger partial charge is 0.492 e. The second kappa shape index (κ2) is 15.7. The molecule has 1 N–H and O–H groups in total. The Kier molecular flexibility index (Phi) is 12.7. The van der Waals surface area contributed by atoms with Crippen LogP contribution >= 0.6 is 0 Å². The van der Waals surface area contributed by atoms with Gasteiger partial charge in [-0.05, 0) is 62.6 Å². The molecule has 8 nitrogen and oxygen atoms in total. The molecule has 2 rings (SSSR count). The maximum Gasteiger partial charge on any atom is 0.410 e. The van der Waals surface area contributed by atoms with Crippen LogP contribution in [0, 0.1) is 5.82 Å². The minimum absolute atomic E-state index is 0.241. The Labute approximate surface area is 211 Å². The van der Waals surface area contributed by atoms with Crippen LogP contribution in [0.15, 0.2) is 48.5 Å². The number of rotatable bonds is 16. The van der Waals surface area contributed by atoms with Crippen LogP contribution < -0.4 is 4.74 Å². The molecule has 9 heteroatoms. The summed E-state index contributed by atoms with van der Waals surface area (Å²) < 4.78 is 35.0. The standard InChI is InChI=1S/C27H36FNO7/c1-4-34-25(26(30)31)18-21-8-12-24(13-9-21)35-17-15-29(27(32)36-20(2)3)14-5-16-33-19-22-6-10-23(28)11-7-22/h6-13,20,25H,4-5,14-19H2,1-3H3,(H,30,31). The van der Waals surface area contributed by atoms with E-state index in [4.69, 9.17) is 18.9 Å². The van der Waals surface area contributed by atoms with Crippen molar-refractivity contribution in [3.63, 3.8) is 0 Å². The maximum absolute atomic E-state index is 13.0. The predicted molar refractivity (Wildman–Crippen MR) is 133 cm³/mol. The van der Waals surface area contributed by atoms with Crippen molar-refractivity contribution in [2.45, 2.75) is 52.4 Å². The summed E-state index contributed by atoms with van der Waals surface area (Å²) >= 11 is 0. The summed E-state index contributed by atoms with van der Waals surface area (Å²) in [6.45, 7) is 7.50. The highest BCUT2D eigenvalue weighted by Gasteiger charge is 2.18. The van der Waals surface area contributed by atoms with Gasteiger partial charge in [0.15, 0.2) is 6.10 Å². The molecule has 0 saturated heterocycles. The molecular weight excluding hydrogens is 469 g/mol. The lowest BCUT2D eigenvalue weighted by atomic mass is 10.1. The SMILES string of the molecule is CCOC(Cc1ccc(OCCN(CCCOCc2ccc(F)cc2)C(=O)OC(C)C)cc1)C(=O)O. The van der Waals surface area contributed by atoms with Crippen molar-refractivity contribution < 1.29 is 38.0 Å². The Morgan fingerprint density at radius 1 is 0.972 bits per heavy atom. The van der Waals surface area contributed by atoms with Crippen LogP contribution in [0.4, 0.5) is 9.18 Å². The van der Waals surface area contributed by atoms with Crippen LogP contribution in [-0.4, -0.2) is 67.2 Å². The zero-order chi connectivity index (χ0) is 26.3. The summed E-state index contributed by atoms with van der Waals surface area (Å²) in [4.78, 5) is 25.3. The van der Waals surface area contributed by atoms with E-state index in [1.54, 1.807) is 62.1 Å². The van der Waals surface area contributed by atoms with Crippen LogP contribution in [-0.2, 0) is 32.0 Å². The van der Waals surface area contributed by atoms with Gasteiger partial charge in [0.1, 0.15) is 18.2 Å². The van der Waals surface area contributed by atoms with Crippen molar-refractivity contribution in [1.82, 2.24) is 4.90 Å². The average Bonchev–Trinajstić information content (AvgIpc) is 2.84. The van der Waals surface area contributed by atoms with E-state index in [-0.39, 0.29) is 24.9 Å². The molecule has 2 aromatic carbocycles. The lowest BCUT2D eigenvalue weighted by Crippen LogP contribution is -2.37. The molecule has 1 atom stereocenters. The van der Waals surface area contributed by atoms with Gasteiger partial charge in [-0.3, -0.25) is 0 Å². The van der Waals surface area contributed by atoms with Gasteiger partial charge in [0.05, 0.1) is 19.3 Å². The van der Waals surface area contributed by atoms with Crippen molar-refractivity contribution in [2.24, 2.45) is 0 Å². The van der Waals surface area contributed by atoms with Crippen molar-refractivity contribution in [3.8, 4) is 5.75 Å². The van der Waals surface area contributed by atoms with Crippen LogP contribution in [0.3, 0.4) is 0 Å². The molecule has 0 bridgehead atoms. The van der Waals surface area contributed by atoms with Gasteiger partial charge in [0, 0.05) is 26.2 Å². The third-order valence-corrected chi connectivity index (χ3v) is 5.11. The molecule has 0 fully saturated rings. The molecule has 1 amide bonds. The van der Waals surface area contributed by atoms with E-state index in [1.807, 2.05) is 0 Å². The van der Waals surface area contributed by atoms with Gasteiger partial charge in [-0.1, -0.05) is 24.3 Å². The van der Waals surface area contributed by atoms with Crippen LogP contribution in [0.5, 0.6) is 5.75 Å². The summed E-state index contributed by atoms with van der Waals surface area (Å²) in [5.74, 6) is -0.669. The molecule has 0 aliphatic carbocycles. The van der Waals surface area contributed by atoms with Crippen molar-refractivity contribution in [3.05, 3.63) is 65.5 Å². The number of carboxylic acids is 1. The second-order valence-electron chi connectivity index (χ2n) is 8.43. The lowest BCUT2D eigenvalue weighted by molar-refractivity contribution is -0.149. The fourth-order valence-electron chi connectivity index (χ4n) is 3.33. The molecule has 0 aliphatic rings. The fraction of sp³-hybridized carbons (Fsp3) is 0.481. The van der Waals surface area contributed by atoms with Gasteiger partial charge >= 0.3 is 12.1 Å². The van der Waals surface area contributed by atoms with Crippen LogP contribution in [0.25, 0.3) is 0 Å². The minimum Gasteiger partial charge on any atom is -0.492 e. The quantitative estimate of drug-likeness (QED) is 0.331. The molecule has 0 radical (unpaired) electrons. The van der Waals surface area contributed by atoms with Gasteiger partial charge in [-0.2, -0.15) is 0 Å². The molecular formula is C27H36FNO7. The molecule has 1 unspecified atom stereocenters. The first-order valence-corrected chi connectivity index (χ1v) is 12.1. The number of benzene rings is 2. The third kappa shape index (κ3) is 11.0. The molecule has 198 valence electrons. The molecule has 36 heavy (non-hydrogen) atoms. The number of amides is 1. The van der Waals surface area contributed by atoms with E-state index in [1.165, 1.54) is 12.1 Å². The van der Waals surface area contributed by atoms with Crippen LogP contribution in [0.2, 0.25) is 0 Å². The summed E-state index contributed by atoms with van der Waals surface area (Å²) in [5.41, 5.74) is 1.70. The van der Waals surface area contributed by atoms with E-state index < -0.39 is 18.2 Å². The fourth-order valence-corrected chi connectivity index (χ4v) is 3.33. The Balaban J connectivity index is 1.79. The van der Waals surface area contributed by atoms with E-state index in [9.17, 15) is 19.1 Å². The first kappa shape index (κ1) is 29.1. The van der Waals surface area contributed by atoms with Gasteiger partial charge in [-0.25, -0.2) is 14.0 Å². The average molecular weight is 506 g/mol. The molecule has 0 spiro atoms. The van der Waals surface area contributed by atoms with Crippen molar-refractivity contribution >= 4 is 12.1 Å². The van der Waals surface area contributed by atoms with Crippen LogP contribution in [0.1, 0.15) is 38.3 Å². The lowest BCUT2D eigenvalue weighted by Gasteiger charge is -2.23. The van der Waals surface area contributed by atoms with Gasteiger partial charge in [0.25, 0.3) is 0 Å². The van der Waals surface area contributed by atoms with Crippen molar-refractivity contribution in [1.29, 1.82) is 0 Å². The smallest absolute Gasteiger partial charge is 0.410 e. The van der Waals surface area contributed by atoms with Crippen molar-refractivity contribution in [2.75, 3.05) is 32.9 Å². The molecule has 2 aromatic rings. The number of hydrogen-bond donors (Lipinski definition) is 1. The number of hydrogen-bond acceptors (Lipinski definition) is 6. The number of aliphatic carboxylic acids is 1. The first-order chi connectivity index (χ1) is 17.3. The molecule has 0 aromatic heterocycles. The number of halogens is 1. The zero-order valence-corrected chi connectivity index (χ0v) is 21.2. The maximum atomic E-state index is 13.0. The number of carbonyl (C=O) groups excluding carboxylic acids is 1. The number of carbonyl (C=O) groups is 2. The van der Waals surface area contributed by atoms with Gasteiger partial charge < -0.3 is 29.0 Å². The number of carboxylic acid groups (broad SMARTS) is 1. The summed E-state index contributed by atoms with van der Waals surface area (Å²) in [6, 6.07) is 13.3. The summed E-state index contributed by atoms with van der Waals surface area (Å²) in [5, 5.41) is 9.23. The highest BCUT2D eigenvalue weighted by atomic mass is 19.1. The minimum atomic E-state index is -0.994. The third-order valence-electron chi connectivity index (χ3n) is 5.11. The van der Waals surface area contributed by atoms with E-state index in [0.717, 1.165) is 11.1 Å².